The molecule has 0 saturated heterocycles. The van der Waals surface area contributed by atoms with E-state index in [4.69, 9.17) is 14.6 Å². The summed E-state index contributed by atoms with van der Waals surface area (Å²) in [6.07, 6.45) is -0.487. The highest BCUT2D eigenvalue weighted by Crippen LogP contribution is 2.45. The van der Waals surface area contributed by atoms with Gasteiger partial charge in [-0.15, -0.1) is 5.10 Å². The molecule has 0 N–H and O–H groups in total. The number of carbonyl (C=O) groups is 1. The molecule has 0 radical (unpaired) electrons. The van der Waals surface area contributed by atoms with E-state index < -0.39 is 6.17 Å². The first-order chi connectivity index (χ1) is 18.5. The van der Waals surface area contributed by atoms with Crippen LogP contribution in [0.4, 0.5) is 11.4 Å². The number of nitrogens with zero attached hydrogens (tertiary/aromatic N) is 3. The van der Waals surface area contributed by atoms with Gasteiger partial charge in [-0.05, 0) is 60.9 Å². The highest BCUT2D eigenvalue weighted by atomic mass is 16.5. The second kappa shape index (κ2) is 10.8. The summed E-state index contributed by atoms with van der Waals surface area (Å²) in [5.41, 5.74) is 5.93. The Labute approximate surface area is 223 Å². The number of carbonyl (C=O) groups excluding carboxylic acids is 1. The lowest BCUT2D eigenvalue weighted by Gasteiger charge is -2.33. The van der Waals surface area contributed by atoms with E-state index in [0.29, 0.717) is 23.9 Å². The minimum Gasteiger partial charge on any atom is -0.493 e. The van der Waals surface area contributed by atoms with E-state index in [0.717, 1.165) is 28.1 Å². The van der Waals surface area contributed by atoms with Crippen LogP contribution in [0.25, 0.3) is 0 Å². The molecule has 1 aliphatic rings. The summed E-state index contributed by atoms with van der Waals surface area (Å²) in [5, 5.41) is 6.76. The average Bonchev–Trinajstić information content (AvgIpc) is 3.35. The molecule has 1 atom stereocenters. The molecule has 6 heteroatoms. The van der Waals surface area contributed by atoms with Crippen molar-refractivity contribution >= 4 is 23.0 Å². The zero-order chi connectivity index (χ0) is 26.6. The number of Topliss-reactive ketones (excluding diaryl/α,β-unsaturated/α-hetero) is 1. The first-order valence-electron chi connectivity index (χ1n) is 12.6. The number of ketones is 1. The molecule has 4 aromatic carbocycles. The van der Waals surface area contributed by atoms with Crippen molar-refractivity contribution in [3.63, 3.8) is 0 Å². The van der Waals surface area contributed by atoms with Gasteiger partial charge in [0, 0.05) is 18.2 Å². The molecule has 0 saturated carbocycles. The van der Waals surface area contributed by atoms with Crippen LogP contribution in [0.2, 0.25) is 0 Å². The lowest BCUT2D eigenvalue weighted by atomic mass is 10.0. The molecule has 1 aliphatic heterocycles. The van der Waals surface area contributed by atoms with Crippen LogP contribution < -0.4 is 19.4 Å². The number of para-hydroxylation sites is 2. The Kier molecular flexibility index (Phi) is 7.13. The molecule has 0 aromatic heterocycles. The first-order valence-corrected chi connectivity index (χ1v) is 12.6. The normalized spacial score (nSPS) is 14.8. The number of methoxy groups -OCH3 is 1. The largest absolute Gasteiger partial charge is 0.493 e. The Morgan fingerprint density at radius 1 is 0.842 bits per heavy atom. The van der Waals surface area contributed by atoms with Gasteiger partial charge in [-0.3, -0.25) is 9.69 Å². The minimum absolute atomic E-state index is 0.124. The molecule has 6 nitrogen and oxygen atoms in total. The molecule has 38 heavy (non-hydrogen) atoms. The Hall–Kier alpha value is -4.58. The van der Waals surface area contributed by atoms with E-state index in [-0.39, 0.29) is 5.78 Å². The molecule has 0 amide bonds. The number of amidine groups is 1. The predicted molar refractivity (Wildman–Crippen MR) is 152 cm³/mol. The van der Waals surface area contributed by atoms with E-state index in [1.807, 2.05) is 94.8 Å². The second-order valence-electron chi connectivity index (χ2n) is 9.33. The van der Waals surface area contributed by atoms with Crippen molar-refractivity contribution in [1.29, 1.82) is 0 Å². The van der Waals surface area contributed by atoms with Gasteiger partial charge in [0.05, 0.1) is 12.8 Å². The van der Waals surface area contributed by atoms with E-state index in [1.165, 1.54) is 5.56 Å². The lowest BCUT2D eigenvalue weighted by molar-refractivity contribution is -0.111. The number of rotatable bonds is 8. The molecule has 1 heterocycles. The van der Waals surface area contributed by atoms with Gasteiger partial charge in [0.1, 0.15) is 6.61 Å². The van der Waals surface area contributed by atoms with Crippen molar-refractivity contribution in [2.75, 3.05) is 17.0 Å². The van der Waals surface area contributed by atoms with Crippen molar-refractivity contribution in [2.24, 2.45) is 5.10 Å². The Bertz CT molecular complexity index is 1470. The number of hydrazone groups is 1. The fourth-order valence-corrected chi connectivity index (χ4v) is 4.64. The quantitative estimate of drug-likeness (QED) is 0.263. The van der Waals surface area contributed by atoms with Gasteiger partial charge < -0.3 is 9.47 Å². The maximum Gasteiger partial charge on any atom is 0.198 e. The average molecular weight is 506 g/mol. The summed E-state index contributed by atoms with van der Waals surface area (Å²) in [7, 11) is 1.64. The van der Waals surface area contributed by atoms with Crippen LogP contribution in [0.1, 0.15) is 35.3 Å². The fraction of sp³-hybridized carbons (Fsp3) is 0.188. The smallest absolute Gasteiger partial charge is 0.198 e. The number of aryl methyl sites for hydroxylation is 2. The molecule has 0 spiro atoms. The zero-order valence-corrected chi connectivity index (χ0v) is 22.1. The Morgan fingerprint density at radius 2 is 1.55 bits per heavy atom. The maximum absolute atomic E-state index is 13.0. The number of hydrogen-bond acceptors (Lipinski definition) is 6. The molecule has 0 bridgehead atoms. The number of ether oxygens (including phenoxy) is 2. The molecule has 4 aromatic rings. The number of anilines is 2. The van der Waals surface area contributed by atoms with Gasteiger partial charge in [-0.2, -0.15) is 0 Å². The van der Waals surface area contributed by atoms with Gasteiger partial charge in [0.2, 0.25) is 0 Å². The van der Waals surface area contributed by atoms with Crippen molar-refractivity contribution in [3.8, 4) is 11.5 Å². The summed E-state index contributed by atoms with van der Waals surface area (Å²) < 4.78 is 12.2. The number of hydrogen-bond donors (Lipinski definition) is 0. The highest BCUT2D eigenvalue weighted by molar-refractivity contribution is 6.44. The summed E-state index contributed by atoms with van der Waals surface area (Å²) in [4.78, 5) is 15.0. The lowest BCUT2D eigenvalue weighted by Crippen LogP contribution is -2.38. The second-order valence-corrected chi connectivity index (χ2v) is 9.33. The van der Waals surface area contributed by atoms with Crippen LogP contribution in [-0.2, 0) is 11.4 Å². The van der Waals surface area contributed by atoms with Crippen LogP contribution >= 0.6 is 0 Å². The molecular formula is C32H31N3O3. The number of benzene rings is 4. The third kappa shape index (κ3) is 4.85. The van der Waals surface area contributed by atoms with Gasteiger partial charge in [-0.1, -0.05) is 66.7 Å². The molecule has 0 unspecified atom stereocenters. The summed E-state index contributed by atoms with van der Waals surface area (Å²) >= 11 is 0. The van der Waals surface area contributed by atoms with Crippen molar-refractivity contribution in [1.82, 2.24) is 0 Å². The summed E-state index contributed by atoms with van der Waals surface area (Å²) in [6.45, 7) is 6.07. The van der Waals surface area contributed by atoms with Gasteiger partial charge in [-0.25, -0.2) is 5.01 Å². The first kappa shape index (κ1) is 25.1. The fourth-order valence-electron chi connectivity index (χ4n) is 4.64. The highest BCUT2D eigenvalue weighted by Gasteiger charge is 2.41. The van der Waals surface area contributed by atoms with E-state index >= 15 is 0 Å². The molecule has 192 valence electrons. The summed E-state index contributed by atoms with van der Waals surface area (Å²) in [6, 6.07) is 31.9. The van der Waals surface area contributed by atoms with Crippen LogP contribution in [0.3, 0.4) is 0 Å². The van der Waals surface area contributed by atoms with E-state index in [2.05, 4.69) is 26.0 Å². The maximum atomic E-state index is 13.0. The van der Waals surface area contributed by atoms with Gasteiger partial charge >= 0.3 is 0 Å². The third-order valence-electron chi connectivity index (χ3n) is 6.74. The van der Waals surface area contributed by atoms with Gasteiger partial charge in [0.15, 0.2) is 29.3 Å². The van der Waals surface area contributed by atoms with E-state index in [9.17, 15) is 4.79 Å². The van der Waals surface area contributed by atoms with Crippen molar-refractivity contribution in [2.45, 2.75) is 33.5 Å². The summed E-state index contributed by atoms with van der Waals surface area (Å²) in [5.74, 6) is 1.46. The van der Waals surface area contributed by atoms with Crippen LogP contribution in [0, 0.1) is 13.8 Å². The predicted octanol–water partition coefficient (Wildman–Crippen LogP) is 6.82. The topological polar surface area (TPSA) is 54.4 Å². The monoisotopic (exact) mass is 505 g/mol. The minimum atomic E-state index is -0.487. The Morgan fingerprint density at radius 3 is 2.21 bits per heavy atom. The molecule has 0 fully saturated rings. The van der Waals surface area contributed by atoms with Crippen LogP contribution in [0.5, 0.6) is 11.5 Å². The van der Waals surface area contributed by atoms with Crippen molar-refractivity contribution in [3.05, 3.63) is 119 Å². The van der Waals surface area contributed by atoms with Crippen molar-refractivity contribution < 1.29 is 14.3 Å². The molecular weight excluding hydrogens is 474 g/mol. The SMILES string of the molecule is COc1cccc([C@@H]2N(c3ccccc3)N=C(C(C)=O)N2c2ccc(C)c(C)c2)c1OCc1ccccc1. The zero-order valence-electron chi connectivity index (χ0n) is 22.1. The molecule has 5 rings (SSSR count). The van der Waals surface area contributed by atoms with Crippen LogP contribution in [0.15, 0.2) is 102 Å². The van der Waals surface area contributed by atoms with Gasteiger partial charge in [0.25, 0.3) is 0 Å². The molecule has 0 aliphatic carbocycles. The Balaban J connectivity index is 1.69. The standard InChI is InChI=1S/C32H31N3O3/c1-22-18-19-27(20-23(22)2)34-31(24(3)36)33-35(26-14-9-6-10-15-26)32(34)28-16-11-17-29(37-4)30(28)38-21-25-12-7-5-8-13-25/h5-20,32H,21H2,1-4H3/t32-/m0/s1. The van der Waals surface area contributed by atoms with E-state index in [1.54, 1.807) is 14.0 Å². The third-order valence-corrected chi connectivity index (χ3v) is 6.74. The van der Waals surface area contributed by atoms with Crippen LogP contribution in [-0.4, -0.2) is 18.7 Å².